The van der Waals surface area contributed by atoms with E-state index in [0.717, 1.165) is 69.1 Å². The summed E-state index contributed by atoms with van der Waals surface area (Å²) in [6.45, 7) is 4.45. The Morgan fingerprint density at radius 2 is 1.68 bits per heavy atom. The van der Waals surface area contributed by atoms with Crippen molar-refractivity contribution in [2.45, 2.75) is 43.0 Å². The van der Waals surface area contributed by atoms with Gasteiger partial charge in [-0.15, -0.1) is 0 Å². The van der Waals surface area contributed by atoms with Crippen molar-refractivity contribution in [1.29, 1.82) is 0 Å². The van der Waals surface area contributed by atoms with E-state index < -0.39 is 22.2 Å². The SMILES string of the molecule is O=C(O)C(F)(F)F.O=S(=O)(C1CC1)N1CCC(c2nc3ccc(N4CCOCC4)cn3n2)CC1. The molecule has 14 heteroatoms. The lowest BCUT2D eigenvalue weighted by Gasteiger charge is -2.29. The first-order chi connectivity index (χ1) is 16.1. The predicted octanol–water partition coefficient (Wildman–Crippen LogP) is 1.87. The van der Waals surface area contributed by atoms with E-state index in [1.54, 1.807) is 4.31 Å². The number of hydrogen-bond acceptors (Lipinski definition) is 7. The van der Waals surface area contributed by atoms with Crippen LogP contribution >= 0.6 is 0 Å². The van der Waals surface area contributed by atoms with Crippen LogP contribution in [0, 0.1) is 0 Å². The molecule has 0 radical (unpaired) electrons. The van der Waals surface area contributed by atoms with Gasteiger partial charge in [-0.05, 0) is 37.8 Å². The van der Waals surface area contributed by atoms with Gasteiger partial charge in [0.1, 0.15) is 0 Å². The van der Waals surface area contributed by atoms with E-state index in [1.807, 2.05) is 16.8 Å². The second-order valence-corrected chi connectivity index (χ2v) is 10.7. The summed E-state index contributed by atoms with van der Waals surface area (Å²) in [6.07, 6.45) is 0.172. The highest BCUT2D eigenvalue weighted by atomic mass is 32.2. The van der Waals surface area contributed by atoms with Crippen LogP contribution in [0.3, 0.4) is 0 Å². The van der Waals surface area contributed by atoms with Crippen LogP contribution in [0.15, 0.2) is 18.3 Å². The minimum atomic E-state index is -5.08. The molecule has 0 unspecified atom stereocenters. The number of aliphatic carboxylic acids is 1. The molecule has 1 N–H and O–H groups in total. The Balaban J connectivity index is 0.000000344. The normalized spacial score (nSPS) is 20.7. The van der Waals surface area contributed by atoms with Crippen molar-refractivity contribution in [3.8, 4) is 0 Å². The molecule has 5 rings (SSSR count). The molecule has 0 bridgehead atoms. The number of sulfonamides is 1. The highest BCUT2D eigenvalue weighted by Gasteiger charge is 2.41. The van der Waals surface area contributed by atoms with Gasteiger partial charge in [-0.3, -0.25) is 0 Å². The van der Waals surface area contributed by atoms with Crippen LogP contribution in [0.5, 0.6) is 0 Å². The molecule has 0 amide bonds. The number of ether oxygens (including phenoxy) is 1. The van der Waals surface area contributed by atoms with Gasteiger partial charge in [-0.2, -0.15) is 18.3 Å². The summed E-state index contributed by atoms with van der Waals surface area (Å²) in [4.78, 5) is 15.9. The van der Waals surface area contributed by atoms with E-state index in [4.69, 9.17) is 24.7 Å². The third-order valence-electron chi connectivity index (χ3n) is 6.08. The van der Waals surface area contributed by atoms with Crippen molar-refractivity contribution in [3.63, 3.8) is 0 Å². The van der Waals surface area contributed by atoms with Crippen molar-refractivity contribution >= 4 is 27.3 Å². The van der Waals surface area contributed by atoms with E-state index >= 15 is 0 Å². The molecule has 2 aromatic heterocycles. The number of halogens is 3. The third-order valence-corrected chi connectivity index (χ3v) is 8.47. The van der Waals surface area contributed by atoms with E-state index in [1.165, 1.54) is 0 Å². The molecule has 2 saturated heterocycles. The quantitative estimate of drug-likeness (QED) is 0.670. The highest BCUT2D eigenvalue weighted by molar-refractivity contribution is 7.90. The van der Waals surface area contributed by atoms with Gasteiger partial charge in [0, 0.05) is 32.1 Å². The predicted molar refractivity (Wildman–Crippen MR) is 115 cm³/mol. The van der Waals surface area contributed by atoms with Gasteiger partial charge in [-0.25, -0.2) is 27.0 Å². The summed E-state index contributed by atoms with van der Waals surface area (Å²) in [5, 5.41) is 11.7. The second-order valence-electron chi connectivity index (χ2n) is 8.48. The number of anilines is 1. The molecular weight excluding hydrogens is 479 g/mol. The maximum atomic E-state index is 12.4. The number of morpholine rings is 1. The van der Waals surface area contributed by atoms with E-state index in [-0.39, 0.29) is 11.2 Å². The molecule has 3 fully saturated rings. The van der Waals surface area contributed by atoms with Gasteiger partial charge < -0.3 is 14.7 Å². The lowest BCUT2D eigenvalue weighted by molar-refractivity contribution is -0.192. The molecule has 10 nitrogen and oxygen atoms in total. The largest absolute Gasteiger partial charge is 0.490 e. The number of nitrogens with zero attached hydrogens (tertiary/aromatic N) is 5. The topological polar surface area (TPSA) is 117 Å². The summed E-state index contributed by atoms with van der Waals surface area (Å²) in [5.41, 5.74) is 1.97. The Morgan fingerprint density at radius 3 is 2.24 bits per heavy atom. The highest BCUT2D eigenvalue weighted by Crippen LogP contribution is 2.35. The van der Waals surface area contributed by atoms with E-state index in [9.17, 15) is 21.6 Å². The Labute approximate surface area is 194 Å². The minimum Gasteiger partial charge on any atom is -0.475 e. The number of aromatic nitrogens is 3. The van der Waals surface area contributed by atoms with Crippen molar-refractivity contribution in [2.24, 2.45) is 0 Å². The van der Waals surface area contributed by atoms with Gasteiger partial charge in [0.25, 0.3) is 0 Å². The van der Waals surface area contributed by atoms with Crippen LogP contribution in [-0.4, -0.2) is 89.2 Å². The average Bonchev–Trinajstić information content (AvgIpc) is 3.59. The summed E-state index contributed by atoms with van der Waals surface area (Å²) >= 11 is 0. The van der Waals surface area contributed by atoms with Crippen LogP contribution in [-0.2, 0) is 19.6 Å². The van der Waals surface area contributed by atoms with E-state index in [0.29, 0.717) is 13.1 Å². The Hall–Kier alpha value is -2.45. The fourth-order valence-electron chi connectivity index (χ4n) is 4.02. The summed E-state index contributed by atoms with van der Waals surface area (Å²) in [7, 11) is -3.07. The maximum absolute atomic E-state index is 12.4. The monoisotopic (exact) mass is 505 g/mol. The summed E-state index contributed by atoms with van der Waals surface area (Å²) in [5.74, 6) is -1.70. The number of carbonyl (C=O) groups is 1. The number of carboxylic acid groups (broad SMARTS) is 1. The molecule has 2 aromatic rings. The Morgan fingerprint density at radius 1 is 1.06 bits per heavy atom. The van der Waals surface area contributed by atoms with Crippen LogP contribution in [0.4, 0.5) is 18.9 Å². The fourth-order valence-corrected chi connectivity index (χ4v) is 5.89. The minimum absolute atomic E-state index is 0.124. The van der Waals surface area contributed by atoms with Crippen molar-refractivity contribution < 1.29 is 36.2 Å². The lowest BCUT2D eigenvalue weighted by Crippen LogP contribution is -2.39. The number of alkyl halides is 3. The van der Waals surface area contributed by atoms with Gasteiger partial charge in [0.2, 0.25) is 10.0 Å². The summed E-state index contributed by atoms with van der Waals surface area (Å²) in [6, 6.07) is 4.10. The number of pyridine rings is 1. The lowest BCUT2D eigenvalue weighted by atomic mass is 9.98. The average molecular weight is 506 g/mol. The first kappa shape index (κ1) is 24.7. The molecule has 0 aromatic carbocycles. The molecular formula is C20H26F3N5O5S. The van der Waals surface area contributed by atoms with Gasteiger partial charge in [0.15, 0.2) is 11.5 Å². The third kappa shape index (κ3) is 5.61. The zero-order valence-electron chi connectivity index (χ0n) is 18.3. The maximum Gasteiger partial charge on any atom is 0.490 e. The van der Waals surface area contributed by atoms with Crippen molar-refractivity contribution in [1.82, 2.24) is 18.9 Å². The van der Waals surface area contributed by atoms with Gasteiger partial charge in [0.05, 0.1) is 30.3 Å². The van der Waals surface area contributed by atoms with Crippen LogP contribution in [0.25, 0.3) is 5.65 Å². The van der Waals surface area contributed by atoms with Crippen LogP contribution < -0.4 is 4.90 Å². The molecule has 0 atom stereocenters. The molecule has 188 valence electrons. The Kier molecular flexibility index (Phi) is 7.01. The number of hydrogen-bond donors (Lipinski definition) is 1. The van der Waals surface area contributed by atoms with Gasteiger partial charge >= 0.3 is 12.1 Å². The number of fused-ring (bicyclic) bond motifs is 1. The molecule has 1 saturated carbocycles. The molecule has 0 spiro atoms. The molecule has 2 aliphatic heterocycles. The second kappa shape index (κ2) is 9.66. The first-order valence-corrected chi connectivity index (χ1v) is 12.5. The number of carboxylic acids is 1. The zero-order valence-corrected chi connectivity index (χ0v) is 19.1. The van der Waals surface area contributed by atoms with Gasteiger partial charge in [-0.1, -0.05) is 0 Å². The number of piperidine rings is 1. The summed E-state index contributed by atoms with van der Waals surface area (Å²) < 4.78 is 65.5. The van der Waals surface area contributed by atoms with Crippen LogP contribution in [0.2, 0.25) is 0 Å². The molecule has 34 heavy (non-hydrogen) atoms. The smallest absolute Gasteiger partial charge is 0.475 e. The van der Waals surface area contributed by atoms with Crippen LogP contribution in [0.1, 0.15) is 37.4 Å². The molecule has 4 heterocycles. The standard InChI is InChI=1S/C18H25N5O3S.C2HF3O2/c24-27(25,16-2-3-16)22-7-5-14(6-8-22)18-19-17-4-1-15(13-23(17)20-18)21-9-11-26-12-10-21;3-2(4,5)1(6)7/h1,4,13-14,16H,2-3,5-12H2;(H,6,7). The number of rotatable bonds is 4. The Bertz CT molecular complexity index is 1120. The molecule has 3 aliphatic rings. The zero-order chi connectivity index (χ0) is 24.5. The van der Waals surface area contributed by atoms with E-state index in [2.05, 4.69) is 11.0 Å². The first-order valence-electron chi connectivity index (χ1n) is 11.0. The van der Waals surface area contributed by atoms with Crippen molar-refractivity contribution in [2.75, 3.05) is 44.3 Å². The fraction of sp³-hybridized carbons (Fsp3) is 0.650. The van der Waals surface area contributed by atoms with Crippen molar-refractivity contribution in [3.05, 3.63) is 24.2 Å². The molecule has 1 aliphatic carbocycles.